The lowest BCUT2D eigenvalue weighted by molar-refractivity contribution is -0.120. The number of carbonyl (C=O) groups excluding carboxylic acids is 1. The number of nitrogens with two attached hydrogens (primary N) is 1. The zero-order valence-electron chi connectivity index (χ0n) is 10.4. The standard InChI is InChI=1S/C13H16N4O/c1-8-6-17(9-2-4-10(18)5-3-9)13-11(8)12(14)15-7-16-13/h6-7,9H,2-5H2,1H3,(H2,14,15,16). The number of fused-ring (bicyclic) bond motifs is 1. The van der Waals surface area contributed by atoms with Crippen LogP contribution < -0.4 is 5.73 Å². The van der Waals surface area contributed by atoms with Crippen LogP contribution in [0.3, 0.4) is 0 Å². The Morgan fingerprint density at radius 1 is 1.33 bits per heavy atom. The number of Topliss-reactive ketones (excluding diaryl/α,β-unsaturated/α-hetero) is 1. The van der Waals surface area contributed by atoms with Gasteiger partial charge in [-0.05, 0) is 25.3 Å². The number of hydrogen-bond acceptors (Lipinski definition) is 4. The van der Waals surface area contributed by atoms with Crippen LogP contribution in [0.15, 0.2) is 12.5 Å². The van der Waals surface area contributed by atoms with Crippen molar-refractivity contribution in [2.24, 2.45) is 0 Å². The number of nitrogen functional groups attached to an aromatic ring is 1. The summed E-state index contributed by atoms with van der Waals surface area (Å²) in [6, 6.07) is 0.355. The Bertz CT molecular complexity index is 607. The van der Waals surface area contributed by atoms with Crippen LogP contribution in [0, 0.1) is 6.92 Å². The van der Waals surface area contributed by atoms with Crippen LogP contribution in [0.1, 0.15) is 37.3 Å². The largest absolute Gasteiger partial charge is 0.383 e. The highest BCUT2D eigenvalue weighted by Gasteiger charge is 2.22. The SMILES string of the molecule is Cc1cn(C2CCC(=O)CC2)c2ncnc(N)c12. The predicted molar refractivity (Wildman–Crippen MR) is 69.2 cm³/mol. The Labute approximate surface area is 105 Å². The van der Waals surface area contributed by atoms with Crippen molar-refractivity contribution in [2.45, 2.75) is 38.6 Å². The van der Waals surface area contributed by atoms with E-state index >= 15 is 0 Å². The van der Waals surface area contributed by atoms with Gasteiger partial charge in [0.05, 0.1) is 5.39 Å². The van der Waals surface area contributed by atoms with Gasteiger partial charge in [0.2, 0.25) is 0 Å². The molecule has 0 aliphatic heterocycles. The third kappa shape index (κ3) is 1.66. The number of hydrogen-bond donors (Lipinski definition) is 1. The first-order valence-corrected chi connectivity index (χ1v) is 6.26. The average molecular weight is 244 g/mol. The van der Waals surface area contributed by atoms with E-state index < -0.39 is 0 Å². The third-order valence-corrected chi connectivity index (χ3v) is 3.73. The lowest BCUT2D eigenvalue weighted by Gasteiger charge is -2.23. The van der Waals surface area contributed by atoms with Crippen molar-refractivity contribution in [1.29, 1.82) is 0 Å². The second-order valence-electron chi connectivity index (χ2n) is 4.95. The van der Waals surface area contributed by atoms with E-state index in [4.69, 9.17) is 5.73 Å². The summed E-state index contributed by atoms with van der Waals surface area (Å²) < 4.78 is 2.16. The Morgan fingerprint density at radius 2 is 2.06 bits per heavy atom. The van der Waals surface area contributed by atoms with Crippen LogP contribution >= 0.6 is 0 Å². The molecule has 1 saturated carbocycles. The highest BCUT2D eigenvalue weighted by Crippen LogP contribution is 2.32. The molecule has 0 unspecified atom stereocenters. The molecule has 1 fully saturated rings. The van der Waals surface area contributed by atoms with Gasteiger partial charge >= 0.3 is 0 Å². The molecule has 0 amide bonds. The van der Waals surface area contributed by atoms with Gasteiger partial charge in [-0.25, -0.2) is 9.97 Å². The maximum atomic E-state index is 11.3. The van der Waals surface area contributed by atoms with Gasteiger partial charge in [0, 0.05) is 25.1 Å². The van der Waals surface area contributed by atoms with Gasteiger partial charge in [-0.1, -0.05) is 0 Å². The molecule has 0 radical (unpaired) electrons. The maximum absolute atomic E-state index is 11.3. The van der Waals surface area contributed by atoms with Gasteiger partial charge in [0.15, 0.2) is 0 Å². The van der Waals surface area contributed by atoms with Gasteiger partial charge in [-0.3, -0.25) is 4.79 Å². The first-order valence-electron chi connectivity index (χ1n) is 6.26. The average Bonchev–Trinajstić information content (AvgIpc) is 2.69. The smallest absolute Gasteiger partial charge is 0.145 e. The van der Waals surface area contributed by atoms with Crippen molar-refractivity contribution >= 4 is 22.6 Å². The Morgan fingerprint density at radius 3 is 2.78 bits per heavy atom. The zero-order valence-corrected chi connectivity index (χ0v) is 10.4. The second kappa shape index (κ2) is 4.08. The van der Waals surface area contributed by atoms with Crippen LogP contribution in [-0.4, -0.2) is 20.3 Å². The first-order chi connectivity index (χ1) is 8.66. The topological polar surface area (TPSA) is 73.8 Å². The van der Waals surface area contributed by atoms with Crippen molar-refractivity contribution in [2.75, 3.05) is 5.73 Å². The number of aromatic nitrogens is 3. The number of ketones is 1. The van der Waals surface area contributed by atoms with Crippen molar-refractivity contribution in [1.82, 2.24) is 14.5 Å². The van der Waals surface area contributed by atoms with Crippen LogP contribution in [-0.2, 0) is 4.79 Å². The van der Waals surface area contributed by atoms with Crippen molar-refractivity contribution in [3.05, 3.63) is 18.1 Å². The Balaban J connectivity index is 2.07. The van der Waals surface area contributed by atoms with Gasteiger partial charge < -0.3 is 10.3 Å². The molecule has 0 saturated heterocycles. The molecule has 94 valence electrons. The highest BCUT2D eigenvalue weighted by molar-refractivity contribution is 5.89. The van der Waals surface area contributed by atoms with E-state index in [2.05, 4.69) is 20.7 Å². The zero-order chi connectivity index (χ0) is 12.7. The fraction of sp³-hybridized carbons (Fsp3) is 0.462. The van der Waals surface area contributed by atoms with E-state index in [1.807, 2.05) is 6.92 Å². The van der Waals surface area contributed by atoms with Crippen LogP contribution in [0.5, 0.6) is 0 Å². The number of nitrogens with zero attached hydrogens (tertiary/aromatic N) is 3. The van der Waals surface area contributed by atoms with Crippen LogP contribution in [0.4, 0.5) is 5.82 Å². The molecule has 3 rings (SSSR count). The Kier molecular flexibility index (Phi) is 2.54. The van der Waals surface area contributed by atoms with Crippen molar-refractivity contribution in [3.63, 3.8) is 0 Å². The predicted octanol–water partition coefficient (Wildman–Crippen LogP) is 2.01. The molecule has 2 aromatic rings. The van der Waals surface area contributed by atoms with E-state index in [0.717, 1.165) is 29.4 Å². The minimum Gasteiger partial charge on any atom is -0.383 e. The number of rotatable bonds is 1. The van der Waals surface area contributed by atoms with Gasteiger partial charge in [0.1, 0.15) is 23.6 Å². The summed E-state index contributed by atoms with van der Waals surface area (Å²) in [6.07, 6.45) is 6.71. The summed E-state index contributed by atoms with van der Waals surface area (Å²) in [7, 11) is 0. The molecule has 1 aliphatic rings. The minimum atomic E-state index is 0.355. The van der Waals surface area contributed by atoms with Gasteiger partial charge in [-0.2, -0.15) is 0 Å². The maximum Gasteiger partial charge on any atom is 0.145 e. The van der Waals surface area contributed by atoms with Crippen molar-refractivity contribution in [3.8, 4) is 0 Å². The molecule has 5 nitrogen and oxygen atoms in total. The quantitative estimate of drug-likeness (QED) is 0.832. The summed E-state index contributed by atoms with van der Waals surface area (Å²) in [5.74, 6) is 0.900. The molecule has 2 aromatic heterocycles. The number of anilines is 1. The van der Waals surface area contributed by atoms with Gasteiger partial charge in [-0.15, -0.1) is 0 Å². The summed E-state index contributed by atoms with van der Waals surface area (Å²) in [5, 5.41) is 0.939. The molecule has 0 spiro atoms. The number of aryl methyl sites for hydroxylation is 1. The summed E-state index contributed by atoms with van der Waals surface area (Å²) in [4.78, 5) is 19.7. The van der Waals surface area contributed by atoms with E-state index in [1.54, 1.807) is 0 Å². The molecule has 0 atom stereocenters. The number of carbonyl (C=O) groups is 1. The lowest BCUT2D eigenvalue weighted by atomic mass is 9.94. The van der Waals surface area contributed by atoms with E-state index in [9.17, 15) is 4.79 Å². The monoisotopic (exact) mass is 244 g/mol. The van der Waals surface area contributed by atoms with E-state index in [0.29, 0.717) is 30.5 Å². The normalized spacial score (nSPS) is 17.5. The third-order valence-electron chi connectivity index (χ3n) is 3.73. The molecular formula is C13H16N4O. The lowest BCUT2D eigenvalue weighted by Crippen LogP contribution is -2.17. The minimum absolute atomic E-state index is 0.355. The highest BCUT2D eigenvalue weighted by atomic mass is 16.1. The molecule has 2 N–H and O–H groups in total. The second-order valence-corrected chi connectivity index (χ2v) is 4.95. The van der Waals surface area contributed by atoms with Crippen molar-refractivity contribution < 1.29 is 4.79 Å². The van der Waals surface area contributed by atoms with E-state index in [-0.39, 0.29) is 0 Å². The van der Waals surface area contributed by atoms with E-state index in [1.165, 1.54) is 6.33 Å². The molecule has 0 aromatic carbocycles. The van der Waals surface area contributed by atoms with Gasteiger partial charge in [0.25, 0.3) is 0 Å². The summed E-state index contributed by atoms with van der Waals surface area (Å²) in [5.41, 5.74) is 7.89. The molecule has 18 heavy (non-hydrogen) atoms. The molecular weight excluding hydrogens is 228 g/mol. The molecule has 0 bridgehead atoms. The molecule has 2 heterocycles. The fourth-order valence-corrected chi connectivity index (χ4v) is 2.78. The molecule has 1 aliphatic carbocycles. The van der Waals surface area contributed by atoms with Crippen LogP contribution in [0.2, 0.25) is 0 Å². The summed E-state index contributed by atoms with van der Waals surface area (Å²) in [6.45, 7) is 2.02. The van der Waals surface area contributed by atoms with Crippen LogP contribution in [0.25, 0.3) is 11.0 Å². The fourth-order valence-electron chi connectivity index (χ4n) is 2.78. The summed E-state index contributed by atoms with van der Waals surface area (Å²) >= 11 is 0. The first kappa shape index (κ1) is 11.2. The Hall–Kier alpha value is -1.91. The molecule has 5 heteroatoms.